The van der Waals surface area contributed by atoms with Gasteiger partial charge in [0.25, 0.3) is 0 Å². The van der Waals surface area contributed by atoms with Gasteiger partial charge in [-0.1, -0.05) is 41.6 Å². The summed E-state index contributed by atoms with van der Waals surface area (Å²) in [4.78, 5) is 16.0. The van der Waals surface area contributed by atoms with Crippen LogP contribution in [0, 0.1) is 0 Å². The fourth-order valence-corrected chi connectivity index (χ4v) is 4.80. The Morgan fingerprint density at radius 3 is 2.77 bits per heavy atom. The maximum absolute atomic E-state index is 12.7. The molecule has 0 saturated heterocycles. The summed E-state index contributed by atoms with van der Waals surface area (Å²) in [6, 6.07) is 20.7. The Morgan fingerprint density at radius 1 is 1.06 bits per heavy atom. The molecule has 0 unspecified atom stereocenters. The van der Waals surface area contributed by atoms with E-state index in [-0.39, 0.29) is 18.5 Å². The van der Waals surface area contributed by atoms with Crippen molar-refractivity contribution in [2.24, 2.45) is 0 Å². The molecule has 35 heavy (non-hydrogen) atoms. The summed E-state index contributed by atoms with van der Waals surface area (Å²) in [7, 11) is 0. The van der Waals surface area contributed by atoms with Gasteiger partial charge in [0.2, 0.25) is 12.7 Å². The molecule has 6 rings (SSSR count). The number of carbonyl (C=O) groups is 1. The number of ether oxygens (including phenoxy) is 2. The number of benzene rings is 3. The maximum atomic E-state index is 12.7. The second-order valence-corrected chi connectivity index (χ2v) is 9.15. The third-order valence-electron chi connectivity index (χ3n) is 5.54. The minimum Gasteiger partial charge on any atom is -0.454 e. The molecule has 0 atom stereocenters. The number of carbonyl (C=O) groups excluding carboxylic acids is 1. The van der Waals surface area contributed by atoms with Crippen LogP contribution in [0.4, 0.5) is 5.69 Å². The minimum absolute atomic E-state index is 0.147. The Bertz CT molecular complexity index is 1550. The molecule has 0 saturated carbocycles. The lowest BCUT2D eigenvalue weighted by molar-refractivity contribution is -0.113. The van der Waals surface area contributed by atoms with E-state index in [9.17, 15) is 4.79 Å². The molecule has 1 aliphatic rings. The van der Waals surface area contributed by atoms with Crippen molar-refractivity contribution in [1.82, 2.24) is 19.7 Å². The van der Waals surface area contributed by atoms with E-state index in [4.69, 9.17) is 21.1 Å². The van der Waals surface area contributed by atoms with Crippen LogP contribution in [0.5, 0.6) is 11.5 Å². The van der Waals surface area contributed by atoms with Crippen LogP contribution in [0.25, 0.3) is 28.0 Å². The van der Waals surface area contributed by atoms with Crippen molar-refractivity contribution >= 4 is 45.9 Å². The molecule has 1 amide bonds. The lowest BCUT2D eigenvalue weighted by atomic mass is 10.1. The summed E-state index contributed by atoms with van der Waals surface area (Å²) < 4.78 is 12.6. The fraction of sp³-hybridized carbons (Fsp3) is 0.0800. The first kappa shape index (κ1) is 21.6. The van der Waals surface area contributed by atoms with E-state index >= 15 is 0 Å². The number of thioether (sulfide) groups is 1. The van der Waals surface area contributed by atoms with Crippen LogP contribution in [0.1, 0.15) is 0 Å². The Morgan fingerprint density at radius 2 is 1.89 bits per heavy atom. The standard InChI is InChI=1S/C25H18ClN5O3S/c26-15-5-8-17(9-6-15)31-24(19-12-27-20-4-2-1-3-18(19)20)29-30-25(31)35-13-23(32)28-16-7-10-21-22(11-16)34-14-33-21/h1-12,27H,13-14H2,(H,28,32). The number of aromatic nitrogens is 4. The zero-order chi connectivity index (χ0) is 23.8. The van der Waals surface area contributed by atoms with E-state index in [1.165, 1.54) is 11.8 Å². The van der Waals surface area contributed by atoms with Gasteiger partial charge in [-0.05, 0) is 42.5 Å². The Kier molecular flexibility index (Phi) is 5.55. The lowest BCUT2D eigenvalue weighted by Crippen LogP contribution is -2.14. The smallest absolute Gasteiger partial charge is 0.234 e. The molecule has 5 aromatic rings. The molecule has 3 aromatic carbocycles. The van der Waals surface area contributed by atoms with Crippen molar-refractivity contribution < 1.29 is 14.3 Å². The molecule has 2 aromatic heterocycles. The topological polar surface area (TPSA) is 94.1 Å². The number of nitrogens with zero attached hydrogens (tertiary/aromatic N) is 3. The summed E-state index contributed by atoms with van der Waals surface area (Å²) in [5.74, 6) is 1.92. The van der Waals surface area contributed by atoms with Gasteiger partial charge in [-0.2, -0.15) is 0 Å². The molecule has 0 fully saturated rings. The third kappa shape index (κ3) is 4.20. The summed E-state index contributed by atoms with van der Waals surface area (Å²) in [5.41, 5.74) is 3.40. The first-order valence-electron chi connectivity index (χ1n) is 10.8. The summed E-state index contributed by atoms with van der Waals surface area (Å²) in [6.45, 7) is 0.182. The van der Waals surface area contributed by atoms with E-state index in [2.05, 4.69) is 20.5 Å². The molecule has 1 aliphatic heterocycles. The number of anilines is 1. The summed E-state index contributed by atoms with van der Waals surface area (Å²) in [5, 5.41) is 14.1. The molecule has 10 heteroatoms. The number of para-hydroxylation sites is 1. The third-order valence-corrected chi connectivity index (χ3v) is 6.72. The highest BCUT2D eigenvalue weighted by atomic mass is 35.5. The van der Waals surface area contributed by atoms with Crippen LogP contribution in [-0.4, -0.2) is 38.2 Å². The highest BCUT2D eigenvalue weighted by Gasteiger charge is 2.20. The van der Waals surface area contributed by atoms with Crippen molar-refractivity contribution in [2.45, 2.75) is 5.16 Å². The molecule has 2 N–H and O–H groups in total. The van der Waals surface area contributed by atoms with Crippen molar-refractivity contribution in [3.8, 4) is 28.6 Å². The monoisotopic (exact) mass is 503 g/mol. The van der Waals surface area contributed by atoms with Crippen LogP contribution in [0.2, 0.25) is 5.02 Å². The van der Waals surface area contributed by atoms with Crippen LogP contribution < -0.4 is 14.8 Å². The van der Waals surface area contributed by atoms with Gasteiger partial charge in [0.15, 0.2) is 22.5 Å². The summed E-state index contributed by atoms with van der Waals surface area (Å²) in [6.07, 6.45) is 1.92. The largest absolute Gasteiger partial charge is 0.454 e. The second-order valence-electron chi connectivity index (χ2n) is 7.77. The number of hydrogen-bond donors (Lipinski definition) is 2. The zero-order valence-electron chi connectivity index (χ0n) is 18.2. The Hall–Kier alpha value is -3.95. The molecule has 8 nitrogen and oxygen atoms in total. The quantitative estimate of drug-likeness (QED) is 0.296. The average molecular weight is 504 g/mol. The molecule has 0 spiro atoms. The van der Waals surface area contributed by atoms with Gasteiger partial charge in [-0.3, -0.25) is 9.36 Å². The number of aromatic amines is 1. The number of nitrogens with one attached hydrogen (secondary N) is 2. The Labute approximate surface area is 209 Å². The molecular weight excluding hydrogens is 486 g/mol. The van der Waals surface area contributed by atoms with Crippen molar-refractivity contribution in [2.75, 3.05) is 17.9 Å². The van der Waals surface area contributed by atoms with Gasteiger partial charge in [0.1, 0.15) is 0 Å². The van der Waals surface area contributed by atoms with Crippen LogP contribution in [0.15, 0.2) is 78.1 Å². The van der Waals surface area contributed by atoms with Crippen LogP contribution >= 0.6 is 23.4 Å². The van der Waals surface area contributed by atoms with Gasteiger partial charge in [0.05, 0.1) is 5.75 Å². The molecule has 0 radical (unpaired) electrons. The van der Waals surface area contributed by atoms with E-state index in [0.717, 1.165) is 22.2 Å². The average Bonchev–Trinajstić information content (AvgIpc) is 3.61. The molecule has 0 aliphatic carbocycles. The second kappa shape index (κ2) is 9.01. The van der Waals surface area contributed by atoms with Gasteiger partial charge in [-0.15, -0.1) is 10.2 Å². The van der Waals surface area contributed by atoms with Gasteiger partial charge >= 0.3 is 0 Å². The molecule has 0 bridgehead atoms. The van der Waals surface area contributed by atoms with Crippen molar-refractivity contribution in [3.63, 3.8) is 0 Å². The number of rotatable bonds is 6. The number of halogens is 1. The summed E-state index contributed by atoms with van der Waals surface area (Å²) >= 11 is 7.43. The highest BCUT2D eigenvalue weighted by molar-refractivity contribution is 7.99. The molecular formula is C25H18ClN5O3S. The van der Waals surface area contributed by atoms with E-state index in [0.29, 0.717) is 33.2 Å². The first-order valence-corrected chi connectivity index (χ1v) is 12.1. The SMILES string of the molecule is O=C(CSc1nnc(-c2c[nH]c3ccccc23)n1-c1ccc(Cl)cc1)Nc1ccc2c(c1)OCO2. The predicted molar refractivity (Wildman–Crippen MR) is 136 cm³/mol. The van der Waals surface area contributed by atoms with E-state index in [1.54, 1.807) is 18.2 Å². The number of fused-ring (bicyclic) bond motifs is 2. The Balaban J connectivity index is 1.29. The van der Waals surface area contributed by atoms with Crippen LogP contribution in [0.3, 0.4) is 0 Å². The number of hydrogen-bond acceptors (Lipinski definition) is 6. The van der Waals surface area contributed by atoms with E-state index in [1.807, 2.05) is 59.3 Å². The molecule has 174 valence electrons. The van der Waals surface area contributed by atoms with Gasteiger partial charge in [0, 0.05) is 45.1 Å². The number of amides is 1. The fourth-order valence-electron chi connectivity index (χ4n) is 3.92. The van der Waals surface area contributed by atoms with Gasteiger partial charge in [-0.25, -0.2) is 0 Å². The predicted octanol–water partition coefficient (Wildman–Crippen LogP) is 5.53. The van der Waals surface area contributed by atoms with E-state index < -0.39 is 0 Å². The maximum Gasteiger partial charge on any atom is 0.234 e. The van der Waals surface area contributed by atoms with Crippen molar-refractivity contribution in [3.05, 3.63) is 77.9 Å². The minimum atomic E-state index is -0.173. The van der Waals surface area contributed by atoms with Crippen LogP contribution in [-0.2, 0) is 4.79 Å². The normalized spacial score (nSPS) is 12.3. The number of H-pyrrole nitrogens is 1. The zero-order valence-corrected chi connectivity index (χ0v) is 19.8. The van der Waals surface area contributed by atoms with Crippen molar-refractivity contribution in [1.29, 1.82) is 0 Å². The lowest BCUT2D eigenvalue weighted by Gasteiger charge is -2.10. The highest BCUT2D eigenvalue weighted by Crippen LogP contribution is 2.35. The molecule has 3 heterocycles. The van der Waals surface area contributed by atoms with Gasteiger partial charge < -0.3 is 19.8 Å². The first-order chi connectivity index (χ1) is 17.2.